The zero-order chi connectivity index (χ0) is 30.6. The summed E-state index contributed by atoms with van der Waals surface area (Å²) in [7, 11) is 0. The van der Waals surface area contributed by atoms with E-state index in [-0.39, 0.29) is 5.41 Å². The Hall–Kier alpha value is -5.66. The molecule has 1 aliphatic rings. The molecule has 1 nitrogen and oxygen atoms in total. The highest BCUT2D eigenvalue weighted by Crippen LogP contribution is 2.55. The van der Waals surface area contributed by atoms with Crippen molar-refractivity contribution in [3.05, 3.63) is 157 Å². The normalized spacial score (nSPS) is 13.6. The molecule has 10 rings (SSSR count). The second-order valence-electron chi connectivity index (χ2n) is 13.2. The zero-order valence-corrected chi connectivity index (χ0v) is 25.8. The second-order valence-corrected chi connectivity index (χ2v) is 13.2. The van der Waals surface area contributed by atoms with Crippen LogP contribution in [0.15, 0.2) is 150 Å². The quantitative estimate of drug-likeness (QED) is 0.184. The van der Waals surface area contributed by atoms with Gasteiger partial charge in [0.1, 0.15) is 11.2 Å². The van der Waals surface area contributed by atoms with Crippen LogP contribution in [0.4, 0.5) is 0 Å². The van der Waals surface area contributed by atoms with E-state index in [0.29, 0.717) is 0 Å². The van der Waals surface area contributed by atoms with Gasteiger partial charge in [0.25, 0.3) is 0 Å². The molecule has 0 saturated carbocycles. The number of rotatable bonds is 2. The highest BCUT2D eigenvalue weighted by atomic mass is 16.3. The molecule has 0 saturated heterocycles. The Bertz CT molecular complexity index is 2660. The first-order valence-corrected chi connectivity index (χ1v) is 16.1. The van der Waals surface area contributed by atoms with Crippen molar-refractivity contribution in [3.63, 3.8) is 0 Å². The molecule has 0 radical (unpaired) electrons. The average Bonchev–Trinajstić information content (AvgIpc) is 3.57. The van der Waals surface area contributed by atoms with Gasteiger partial charge >= 0.3 is 0 Å². The van der Waals surface area contributed by atoms with Gasteiger partial charge in [-0.2, -0.15) is 0 Å². The first kappa shape index (κ1) is 25.6. The fourth-order valence-corrected chi connectivity index (χ4v) is 8.39. The molecule has 46 heavy (non-hydrogen) atoms. The van der Waals surface area contributed by atoms with Gasteiger partial charge in [0, 0.05) is 16.2 Å². The Morgan fingerprint density at radius 2 is 0.913 bits per heavy atom. The van der Waals surface area contributed by atoms with Crippen LogP contribution in [0.25, 0.3) is 87.6 Å². The fourth-order valence-electron chi connectivity index (χ4n) is 8.39. The van der Waals surface area contributed by atoms with Crippen LogP contribution in [0.1, 0.15) is 25.0 Å². The van der Waals surface area contributed by atoms with Crippen LogP contribution >= 0.6 is 0 Å². The van der Waals surface area contributed by atoms with Gasteiger partial charge in [0.05, 0.1) is 0 Å². The highest BCUT2D eigenvalue weighted by Gasteiger charge is 2.37. The molecule has 9 aromatic rings. The fraction of sp³-hybridized carbons (Fsp3) is 0.0667. The lowest BCUT2D eigenvalue weighted by molar-refractivity contribution is 0.660. The van der Waals surface area contributed by atoms with Crippen molar-refractivity contribution in [2.75, 3.05) is 0 Å². The smallest absolute Gasteiger partial charge is 0.136 e. The molecule has 1 heteroatoms. The van der Waals surface area contributed by atoms with Crippen molar-refractivity contribution in [3.8, 4) is 33.4 Å². The molecular formula is C45H30O. The van der Waals surface area contributed by atoms with E-state index in [0.717, 1.165) is 16.6 Å². The zero-order valence-electron chi connectivity index (χ0n) is 25.8. The molecule has 0 bridgehead atoms. The van der Waals surface area contributed by atoms with Crippen LogP contribution in [0.2, 0.25) is 0 Å². The summed E-state index contributed by atoms with van der Waals surface area (Å²) in [4.78, 5) is 0. The lowest BCUT2D eigenvalue weighted by Crippen LogP contribution is -2.14. The second kappa shape index (κ2) is 9.19. The van der Waals surface area contributed by atoms with Crippen molar-refractivity contribution >= 4 is 54.3 Å². The van der Waals surface area contributed by atoms with Crippen LogP contribution in [-0.4, -0.2) is 0 Å². The standard InChI is InChI=1S/C45H30O/c1-45(2)37-22-10-9-19-33(37)43-34(20-11-23-38(43)45)41-29-15-5-7-17-31(29)42(32-18-8-6-16-30(32)41)35-21-12-24-39-44(35)36-25-27-13-3-4-14-28(27)26-40(36)46-39/h3-26H,1-2H3. The third kappa shape index (κ3) is 3.35. The van der Waals surface area contributed by atoms with E-state index < -0.39 is 0 Å². The van der Waals surface area contributed by atoms with Gasteiger partial charge in [0.15, 0.2) is 0 Å². The maximum Gasteiger partial charge on any atom is 0.136 e. The van der Waals surface area contributed by atoms with Gasteiger partial charge in [0.2, 0.25) is 0 Å². The summed E-state index contributed by atoms with van der Waals surface area (Å²) in [5, 5.41) is 9.77. The number of hydrogen-bond acceptors (Lipinski definition) is 1. The van der Waals surface area contributed by atoms with E-state index in [1.807, 2.05) is 0 Å². The summed E-state index contributed by atoms with van der Waals surface area (Å²) in [5.41, 5.74) is 12.3. The summed E-state index contributed by atoms with van der Waals surface area (Å²) in [6, 6.07) is 53.4. The lowest BCUT2D eigenvalue weighted by atomic mass is 9.80. The van der Waals surface area contributed by atoms with Crippen LogP contribution in [0.5, 0.6) is 0 Å². The van der Waals surface area contributed by atoms with Gasteiger partial charge in [-0.1, -0.05) is 141 Å². The van der Waals surface area contributed by atoms with Crippen molar-refractivity contribution in [2.24, 2.45) is 0 Å². The average molecular weight is 587 g/mol. The van der Waals surface area contributed by atoms with Crippen LogP contribution < -0.4 is 0 Å². The first-order valence-electron chi connectivity index (χ1n) is 16.1. The van der Waals surface area contributed by atoms with Crippen LogP contribution in [0.3, 0.4) is 0 Å². The minimum absolute atomic E-state index is 0.0599. The highest BCUT2D eigenvalue weighted by molar-refractivity contribution is 6.27. The number of furan rings is 1. The van der Waals surface area contributed by atoms with E-state index in [1.54, 1.807) is 0 Å². The Morgan fingerprint density at radius 3 is 1.63 bits per heavy atom. The van der Waals surface area contributed by atoms with Gasteiger partial charge in [-0.3, -0.25) is 0 Å². The molecule has 0 fully saturated rings. The van der Waals surface area contributed by atoms with Crippen molar-refractivity contribution in [1.82, 2.24) is 0 Å². The summed E-state index contributed by atoms with van der Waals surface area (Å²) >= 11 is 0. The minimum atomic E-state index is -0.0599. The van der Waals surface area contributed by atoms with E-state index in [9.17, 15) is 0 Å². The number of hydrogen-bond donors (Lipinski definition) is 0. The summed E-state index contributed by atoms with van der Waals surface area (Å²) in [5.74, 6) is 0. The molecule has 0 unspecified atom stereocenters. The number of benzene rings is 8. The molecule has 1 aliphatic carbocycles. The third-order valence-corrected chi connectivity index (χ3v) is 10.4. The van der Waals surface area contributed by atoms with Gasteiger partial charge in [-0.05, 0) is 95.0 Å². The molecule has 0 spiro atoms. The summed E-state index contributed by atoms with van der Waals surface area (Å²) in [6.45, 7) is 4.72. The Balaban J connectivity index is 1.35. The van der Waals surface area contributed by atoms with E-state index in [4.69, 9.17) is 4.42 Å². The Kier molecular flexibility index (Phi) is 5.12. The van der Waals surface area contributed by atoms with Crippen molar-refractivity contribution in [2.45, 2.75) is 19.3 Å². The molecule has 0 amide bonds. The van der Waals surface area contributed by atoms with Crippen molar-refractivity contribution < 1.29 is 4.42 Å². The Labute approximate surface area is 267 Å². The predicted molar refractivity (Wildman–Crippen MR) is 195 cm³/mol. The summed E-state index contributed by atoms with van der Waals surface area (Å²) in [6.07, 6.45) is 0. The monoisotopic (exact) mass is 586 g/mol. The van der Waals surface area contributed by atoms with Gasteiger partial charge in [-0.25, -0.2) is 0 Å². The molecule has 216 valence electrons. The maximum absolute atomic E-state index is 6.54. The molecule has 8 aromatic carbocycles. The van der Waals surface area contributed by atoms with E-state index in [2.05, 4.69) is 159 Å². The van der Waals surface area contributed by atoms with Crippen LogP contribution in [-0.2, 0) is 5.41 Å². The minimum Gasteiger partial charge on any atom is -0.456 e. The largest absolute Gasteiger partial charge is 0.456 e. The Morgan fingerprint density at radius 1 is 0.391 bits per heavy atom. The van der Waals surface area contributed by atoms with E-state index >= 15 is 0 Å². The molecule has 0 atom stereocenters. The van der Waals surface area contributed by atoms with E-state index in [1.165, 1.54) is 82.2 Å². The molecule has 0 N–H and O–H groups in total. The third-order valence-electron chi connectivity index (χ3n) is 10.4. The predicted octanol–water partition coefficient (Wildman–Crippen LogP) is 12.7. The molecular weight excluding hydrogens is 556 g/mol. The first-order chi connectivity index (χ1) is 22.6. The van der Waals surface area contributed by atoms with Crippen LogP contribution in [0, 0.1) is 0 Å². The molecule has 1 heterocycles. The van der Waals surface area contributed by atoms with Gasteiger partial charge < -0.3 is 4.42 Å². The maximum atomic E-state index is 6.54. The van der Waals surface area contributed by atoms with Gasteiger partial charge in [-0.15, -0.1) is 0 Å². The molecule has 0 aliphatic heterocycles. The lowest BCUT2D eigenvalue weighted by Gasteiger charge is -2.22. The summed E-state index contributed by atoms with van der Waals surface area (Å²) < 4.78 is 6.54. The number of fused-ring (bicyclic) bond motifs is 9. The molecule has 1 aromatic heterocycles. The topological polar surface area (TPSA) is 13.1 Å². The SMILES string of the molecule is CC1(C)c2ccccc2-c2c(-c3c4ccccc4c(-c4cccc5oc6cc7ccccc7cc6c45)c4ccccc34)cccc21. The van der Waals surface area contributed by atoms with Crippen molar-refractivity contribution in [1.29, 1.82) is 0 Å².